The lowest BCUT2D eigenvalue weighted by Gasteiger charge is -2.28. The van der Waals surface area contributed by atoms with E-state index in [1.165, 1.54) is 5.69 Å². The third kappa shape index (κ3) is 3.82. The standard InChI is InChI=1S/C23H22ClN5O2/c1-28-22-11-18(16-13-25-26-14-16)19(24)12-20(22)27-21(23(28)30)10-15-2-4-17(5-3-15)29-6-8-31-9-7-29/h2-5,11-14H,6-10H2,1H3,(H,25,26). The summed E-state index contributed by atoms with van der Waals surface area (Å²) in [5.41, 5.74) is 5.71. The molecule has 1 aliphatic rings. The number of morpholine rings is 1. The van der Waals surface area contributed by atoms with Gasteiger partial charge in [-0.25, -0.2) is 4.98 Å². The number of anilines is 1. The van der Waals surface area contributed by atoms with E-state index >= 15 is 0 Å². The van der Waals surface area contributed by atoms with E-state index in [2.05, 4.69) is 44.3 Å². The number of aromatic nitrogens is 4. The average Bonchev–Trinajstić information content (AvgIpc) is 3.33. The van der Waals surface area contributed by atoms with Crippen LogP contribution in [0.25, 0.3) is 22.2 Å². The summed E-state index contributed by atoms with van der Waals surface area (Å²) in [6.07, 6.45) is 3.94. The molecular weight excluding hydrogens is 414 g/mol. The second-order valence-corrected chi connectivity index (χ2v) is 8.08. The summed E-state index contributed by atoms with van der Waals surface area (Å²) in [5, 5.41) is 7.34. The van der Waals surface area contributed by atoms with E-state index in [9.17, 15) is 4.79 Å². The number of ether oxygens (including phenoxy) is 1. The van der Waals surface area contributed by atoms with Crippen molar-refractivity contribution in [3.05, 3.63) is 75.4 Å². The predicted molar refractivity (Wildman–Crippen MR) is 122 cm³/mol. The highest BCUT2D eigenvalue weighted by Gasteiger charge is 2.15. The molecule has 2 aromatic carbocycles. The zero-order chi connectivity index (χ0) is 21.4. The average molecular weight is 436 g/mol. The monoisotopic (exact) mass is 435 g/mol. The maximum Gasteiger partial charge on any atom is 0.272 e. The minimum atomic E-state index is -0.106. The highest BCUT2D eigenvalue weighted by atomic mass is 35.5. The largest absolute Gasteiger partial charge is 0.378 e. The van der Waals surface area contributed by atoms with E-state index in [0.717, 1.165) is 48.5 Å². The molecule has 31 heavy (non-hydrogen) atoms. The minimum absolute atomic E-state index is 0.106. The zero-order valence-corrected chi connectivity index (χ0v) is 17.9. The first kappa shape index (κ1) is 19.8. The van der Waals surface area contributed by atoms with Gasteiger partial charge in [-0.15, -0.1) is 0 Å². The van der Waals surface area contributed by atoms with Crippen LogP contribution in [0.2, 0.25) is 5.02 Å². The van der Waals surface area contributed by atoms with Gasteiger partial charge >= 0.3 is 0 Å². The Bertz CT molecular complexity index is 1280. The summed E-state index contributed by atoms with van der Waals surface area (Å²) in [6, 6.07) is 12.0. The molecule has 4 aromatic rings. The van der Waals surface area contributed by atoms with Crippen LogP contribution in [0.3, 0.4) is 0 Å². The van der Waals surface area contributed by atoms with Crippen LogP contribution in [0.5, 0.6) is 0 Å². The van der Waals surface area contributed by atoms with Gasteiger partial charge in [0.15, 0.2) is 0 Å². The number of nitrogens with zero attached hydrogens (tertiary/aromatic N) is 4. The van der Waals surface area contributed by atoms with Crippen LogP contribution in [0, 0.1) is 0 Å². The van der Waals surface area contributed by atoms with Crippen molar-refractivity contribution in [3.63, 3.8) is 0 Å². The SMILES string of the molecule is Cn1c(=O)c(Cc2ccc(N3CCOCC3)cc2)nc2cc(Cl)c(-c3cn[nH]c3)cc21. The second kappa shape index (κ2) is 8.17. The molecule has 2 aromatic heterocycles. The highest BCUT2D eigenvalue weighted by molar-refractivity contribution is 6.34. The van der Waals surface area contributed by atoms with Gasteiger partial charge in [0.25, 0.3) is 5.56 Å². The fourth-order valence-corrected chi connectivity index (χ4v) is 4.25. The summed E-state index contributed by atoms with van der Waals surface area (Å²) >= 11 is 6.51. The van der Waals surface area contributed by atoms with E-state index < -0.39 is 0 Å². The van der Waals surface area contributed by atoms with Crippen molar-refractivity contribution in [1.29, 1.82) is 0 Å². The maximum atomic E-state index is 13.0. The van der Waals surface area contributed by atoms with E-state index in [-0.39, 0.29) is 5.56 Å². The van der Waals surface area contributed by atoms with Gasteiger partial charge in [0.1, 0.15) is 5.69 Å². The third-order valence-electron chi connectivity index (χ3n) is 5.73. The first-order chi connectivity index (χ1) is 15.1. The van der Waals surface area contributed by atoms with Crippen molar-refractivity contribution in [2.24, 2.45) is 7.05 Å². The molecule has 5 rings (SSSR count). The van der Waals surface area contributed by atoms with Gasteiger partial charge in [-0.05, 0) is 29.8 Å². The van der Waals surface area contributed by atoms with Crippen molar-refractivity contribution in [3.8, 4) is 11.1 Å². The minimum Gasteiger partial charge on any atom is -0.378 e. The molecule has 0 atom stereocenters. The van der Waals surface area contributed by atoms with Crippen molar-refractivity contribution in [2.45, 2.75) is 6.42 Å². The number of aromatic amines is 1. The molecular formula is C23H22ClN5O2. The number of aryl methyl sites for hydroxylation is 1. The van der Waals surface area contributed by atoms with Crippen molar-refractivity contribution in [2.75, 3.05) is 31.2 Å². The Morgan fingerprint density at radius 2 is 1.94 bits per heavy atom. The van der Waals surface area contributed by atoms with E-state index in [4.69, 9.17) is 16.3 Å². The number of fused-ring (bicyclic) bond motifs is 1. The lowest BCUT2D eigenvalue weighted by atomic mass is 10.1. The summed E-state index contributed by atoms with van der Waals surface area (Å²) < 4.78 is 7.06. The summed E-state index contributed by atoms with van der Waals surface area (Å²) in [4.78, 5) is 20.0. The first-order valence-corrected chi connectivity index (χ1v) is 10.6. The molecule has 0 spiro atoms. The van der Waals surface area contributed by atoms with Crippen LogP contribution >= 0.6 is 11.6 Å². The summed E-state index contributed by atoms with van der Waals surface area (Å²) in [5.74, 6) is 0. The topological polar surface area (TPSA) is 76.0 Å². The van der Waals surface area contributed by atoms with Crippen LogP contribution in [-0.4, -0.2) is 46.1 Å². The fourth-order valence-electron chi connectivity index (χ4n) is 3.98. The molecule has 7 nitrogen and oxygen atoms in total. The molecule has 0 aliphatic carbocycles. The van der Waals surface area contributed by atoms with Gasteiger partial charge in [-0.2, -0.15) is 5.10 Å². The lowest BCUT2D eigenvalue weighted by Crippen LogP contribution is -2.36. The Morgan fingerprint density at radius 1 is 1.16 bits per heavy atom. The Morgan fingerprint density at radius 3 is 2.65 bits per heavy atom. The zero-order valence-electron chi connectivity index (χ0n) is 17.1. The molecule has 8 heteroatoms. The van der Waals surface area contributed by atoms with Crippen molar-refractivity contribution in [1.82, 2.24) is 19.7 Å². The van der Waals surface area contributed by atoms with Gasteiger partial charge in [-0.1, -0.05) is 23.7 Å². The number of rotatable bonds is 4. The Kier molecular flexibility index (Phi) is 5.21. The Labute approximate surface area is 184 Å². The molecule has 1 N–H and O–H groups in total. The van der Waals surface area contributed by atoms with Gasteiger partial charge in [0.2, 0.25) is 0 Å². The van der Waals surface area contributed by atoms with Crippen molar-refractivity contribution < 1.29 is 4.74 Å². The number of benzene rings is 2. The predicted octanol–water partition coefficient (Wildman–Crippen LogP) is 3.40. The third-order valence-corrected chi connectivity index (χ3v) is 6.04. The molecule has 0 saturated carbocycles. The molecule has 1 saturated heterocycles. The smallest absolute Gasteiger partial charge is 0.272 e. The normalized spacial score (nSPS) is 14.3. The summed E-state index contributed by atoms with van der Waals surface area (Å²) in [7, 11) is 1.77. The molecule has 158 valence electrons. The highest BCUT2D eigenvalue weighted by Crippen LogP contribution is 2.30. The number of nitrogens with one attached hydrogen (secondary N) is 1. The van der Waals surface area contributed by atoms with Gasteiger partial charge in [0.05, 0.1) is 35.5 Å². The van der Waals surface area contributed by atoms with Crippen LogP contribution in [0.4, 0.5) is 5.69 Å². The Hall–Kier alpha value is -3.16. The van der Waals surface area contributed by atoms with Crippen LogP contribution in [0.15, 0.2) is 53.6 Å². The van der Waals surface area contributed by atoms with Crippen LogP contribution in [0.1, 0.15) is 11.3 Å². The maximum absolute atomic E-state index is 13.0. The van der Waals surface area contributed by atoms with Gasteiger partial charge in [0, 0.05) is 49.6 Å². The second-order valence-electron chi connectivity index (χ2n) is 7.67. The number of H-pyrrole nitrogens is 1. The van der Waals surface area contributed by atoms with Gasteiger partial charge in [-0.3, -0.25) is 9.89 Å². The first-order valence-electron chi connectivity index (χ1n) is 10.2. The van der Waals surface area contributed by atoms with E-state index in [0.29, 0.717) is 22.7 Å². The molecule has 1 fully saturated rings. The number of hydrogen-bond donors (Lipinski definition) is 1. The molecule has 0 amide bonds. The van der Waals surface area contributed by atoms with Gasteiger partial charge < -0.3 is 14.2 Å². The molecule has 1 aliphatic heterocycles. The van der Waals surface area contributed by atoms with E-state index in [1.54, 1.807) is 24.0 Å². The Balaban J connectivity index is 1.47. The quantitative estimate of drug-likeness (QED) is 0.531. The van der Waals surface area contributed by atoms with Crippen LogP contribution < -0.4 is 10.5 Å². The fraction of sp³-hybridized carbons (Fsp3) is 0.261. The molecule has 0 unspecified atom stereocenters. The van der Waals surface area contributed by atoms with E-state index in [1.807, 2.05) is 12.1 Å². The number of halogens is 1. The number of hydrogen-bond acceptors (Lipinski definition) is 5. The van der Waals surface area contributed by atoms with Crippen molar-refractivity contribution >= 4 is 28.3 Å². The lowest BCUT2D eigenvalue weighted by molar-refractivity contribution is 0.122. The van der Waals surface area contributed by atoms with Crippen LogP contribution in [-0.2, 0) is 18.2 Å². The molecule has 0 radical (unpaired) electrons. The molecule has 3 heterocycles. The molecule has 0 bridgehead atoms. The summed E-state index contributed by atoms with van der Waals surface area (Å²) in [6.45, 7) is 3.30.